The lowest BCUT2D eigenvalue weighted by Crippen LogP contribution is -2.59. The van der Waals surface area contributed by atoms with E-state index in [0.717, 1.165) is 24.9 Å². The van der Waals surface area contributed by atoms with Crippen molar-refractivity contribution in [3.63, 3.8) is 0 Å². The molecule has 4 saturated carbocycles. The zero-order chi connectivity index (χ0) is 23.0. The Hall–Kier alpha value is -2.57. The van der Waals surface area contributed by atoms with Gasteiger partial charge in [0, 0.05) is 30.8 Å². The average Bonchev–Trinajstić information content (AvgIpc) is 2.74. The van der Waals surface area contributed by atoms with E-state index in [1.165, 1.54) is 19.3 Å². The Morgan fingerprint density at radius 1 is 0.969 bits per heavy atom. The number of hydrogen-bond acceptors (Lipinski definition) is 4. The van der Waals surface area contributed by atoms with E-state index in [-0.39, 0.29) is 17.2 Å². The Morgan fingerprint density at radius 2 is 1.56 bits per heavy atom. The highest BCUT2D eigenvalue weighted by Crippen LogP contribution is 2.60. The van der Waals surface area contributed by atoms with E-state index in [0.29, 0.717) is 23.3 Å². The predicted molar refractivity (Wildman–Crippen MR) is 124 cm³/mol. The molecule has 7 heteroatoms. The fraction of sp³-hybridized carbons (Fsp3) is 0.640. The van der Waals surface area contributed by atoms with Crippen LogP contribution in [0.15, 0.2) is 24.3 Å². The third-order valence-corrected chi connectivity index (χ3v) is 7.68. The fourth-order valence-corrected chi connectivity index (χ4v) is 6.41. The standard InChI is InChI=1S/C25H36N4O3/c1-15(2)21(23(31)28-27-22(30)19-6-5-7-20(11-19)29(3)4)26-24(32)25-12-16-8-17(13-25)10-18(9-16)14-25/h5-7,11,15-18,21H,8-10,12-14H2,1-4H3,(H,26,32)(H,27,30)(H,28,31). The fourth-order valence-electron chi connectivity index (χ4n) is 6.41. The van der Waals surface area contributed by atoms with Crippen LogP contribution in [0, 0.1) is 29.1 Å². The first-order valence-corrected chi connectivity index (χ1v) is 11.9. The van der Waals surface area contributed by atoms with E-state index in [1.807, 2.05) is 38.9 Å². The Labute approximate surface area is 190 Å². The van der Waals surface area contributed by atoms with E-state index >= 15 is 0 Å². The molecule has 7 nitrogen and oxygen atoms in total. The summed E-state index contributed by atoms with van der Waals surface area (Å²) in [6.07, 6.45) is 6.66. The van der Waals surface area contributed by atoms with E-state index in [1.54, 1.807) is 18.2 Å². The van der Waals surface area contributed by atoms with Gasteiger partial charge in [0.1, 0.15) is 6.04 Å². The van der Waals surface area contributed by atoms with Crippen molar-refractivity contribution in [2.24, 2.45) is 29.1 Å². The van der Waals surface area contributed by atoms with Crippen LogP contribution in [0.2, 0.25) is 0 Å². The van der Waals surface area contributed by atoms with Crippen LogP contribution in [-0.4, -0.2) is 37.9 Å². The highest BCUT2D eigenvalue weighted by Gasteiger charge is 2.55. The lowest BCUT2D eigenvalue weighted by atomic mass is 9.49. The van der Waals surface area contributed by atoms with Crippen molar-refractivity contribution >= 4 is 23.4 Å². The molecule has 1 unspecified atom stereocenters. The van der Waals surface area contributed by atoms with Crippen LogP contribution in [0.3, 0.4) is 0 Å². The van der Waals surface area contributed by atoms with Crippen molar-refractivity contribution < 1.29 is 14.4 Å². The summed E-state index contributed by atoms with van der Waals surface area (Å²) in [5.74, 6) is 1.13. The molecule has 1 aromatic carbocycles. The molecule has 3 amide bonds. The smallest absolute Gasteiger partial charge is 0.269 e. The molecule has 4 aliphatic rings. The molecule has 3 N–H and O–H groups in total. The first-order valence-electron chi connectivity index (χ1n) is 11.9. The molecule has 0 aromatic heterocycles. The molecule has 0 spiro atoms. The van der Waals surface area contributed by atoms with Crippen molar-refractivity contribution in [3.8, 4) is 0 Å². The van der Waals surface area contributed by atoms with Crippen LogP contribution in [0.5, 0.6) is 0 Å². The third-order valence-electron chi connectivity index (χ3n) is 7.68. The summed E-state index contributed by atoms with van der Waals surface area (Å²) in [4.78, 5) is 40.7. The average molecular weight is 441 g/mol. The summed E-state index contributed by atoms with van der Waals surface area (Å²) in [6, 6.07) is 6.47. The van der Waals surface area contributed by atoms with Crippen molar-refractivity contribution in [2.45, 2.75) is 58.4 Å². The Morgan fingerprint density at radius 3 is 2.09 bits per heavy atom. The number of carbonyl (C=O) groups excluding carboxylic acids is 3. The topological polar surface area (TPSA) is 90.5 Å². The number of anilines is 1. The lowest BCUT2D eigenvalue weighted by Gasteiger charge is -2.55. The molecule has 0 radical (unpaired) electrons. The molecule has 4 aliphatic carbocycles. The van der Waals surface area contributed by atoms with Gasteiger partial charge in [-0.2, -0.15) is 0 Å². The largest absolute Gasteiger partial charge is 0.378 e. The van der Waals surface area contributed by atoms with Gasteiger partial charge in [0.2, 0.25) is 5.91 Å². The molecule has 32 heavy (non-hydrogen) atoms. The van der Waals surface area contributed by atoms with Gasteiger partial charge in [-0.1, -0.05) is 19.9 Å². The van der Waals surface area contributed by atoms with Gasteiger partial charge in [0.25, 0.3) is 11.8 Å². The Balaban J connectivity index is 1.37. The molecule has 1 atom stereocenters. The molecule has 0 saturated heterocycles. The minimum atomic E-state index is -0.691. The quantitative estimate of drug-likeness (QED) is 0.594. The van der Waals surface area contributed by atoms with E-state index in [9.17, 15) is 14.4 Å². The van der Waals surface area contributed by atoms with Crippen LogP contribution in [0.25, 0.3) is 0 Å². The molecular formula is C25H36N4O3. The van der Waals surface area contributed by atoms with Crippen molar-refractivity contribution in [3.05, 3.63) is 29.8 Å². The lowest BCUT2D eigenvalue weighted by molar-refractivity contribution is -0.149. The second kappa shape index (κ2) is 8.75. The van der Waals surface area contributed by atoms with Crippen LogP contribution in [-0.2, 0) is 9.59 Å². The second-order valence-electron chi connectivity index (χ2n) is 10.8. The molecule has 0 aliphatic heterocycles. The zero-order valence-corrected chi connectivity index (χ0v) is 19.6. The van der Waals surface area contributed by atoms with Crippen molar-refractivity contribution in [2.75, 3.05) is 19.0 Å². The molecule has 5 rings (SSSR count). The number of nitrogens with zero attached hydrogens (tertiary/aromatic N) is 1. The summed E-state index contributed by atoms with van der Waals surface area (Å²) >= 11 is 0. The maximum absolute atomic E-state index is 13.4. The SMILES string of the molecule is CC(C)C(NC(=O)C12CC3CC(CC(C3)C1)C2)C(=O)NNC(=O)c1cccc(N(C)C)c1. The van der Waals surface area contributed by atoms with Crippen LogP contribution in [0.1, 0.15) is 62.7 Å². The Bertz CT molecular complexity index is 860. The van der Waals surface area contributed by atoms with Gasteiger partial charge in [-0.05, 0) is 80.4 Å². The maximum Gasteiger partial charge on any atom is 0.269 e. The van der Waals surface area contributed by atoms with Gasteiger partial charge in [-0.3, -0.25) is 25.2 Å². The van der Waals surface area contributed by atoms with E-state index in [2.05, 4.69) is 16.2 Å². The summed E-state index contributed by atoms with van der Waals surface area (Å²) in [5.41, 5.74) is 6.07. The second-order valence-corrected chi connectivity index (χ2v) is 10.8. The number of rotatable bonds is 6. The number of hydrogen-bond donors (Lipinski definition) is 3. The summed E-state index contributed by atoms with van der Waals surface area (Å²) in [5, 5.41) is 3.05. The summed E-state index contributed by atoms with van der Waals surface area (Å²) < 4.78 is 0. The third kappa shape index (κ3) is 4.48. The van der Waals surface area contributed by atoms with E-state index < -0.39 is 17.9 Å². The monoisotopic (exact) mass is 440 g/mol. The number of benzene rings is 1. The van der Waals surface area contributed by atoms with Gasteiger partial charge in [0.05, 0.1) is 0 Å². The first kappa shape index (κ1) is 22.6. The van der Waals surface area contributed by atoms with Crippen molar-refractivity contribution in [1.29, 1.82) is 0 Å². The molecule has 4 fully saturated rings. The molecule has 174 valence electrons. The van der Waals surface area contributed by atoms with Gasteiger partial charge in [-0.15, -0.1) is 0 Å². The minimum Gasteiger partial charge on any atom is -0.378 e. The molecule has 1 aromatic rings. The maximum atomic E-state index is 13.4. The highest BCUT2D eigenvalue weighted by molar-refractivity contribution is 5.97. The molecule has 4 bridgehead atoms. The number of carbonyl (C=O) groups is 3. The highest BCUT2D eigenvalue weighted by atomic mass is 16.2. The van der Waals surface area contributed by atoms with Crippen LogP contribution < -0.4 is 21.1 Å². The van der Waals surface area contributed by atoms with Gasteiger partial charge >= 0.3 is 0 Å². The number of hydrazine groups is 1. The minimum absolute atomic E-state index is 0.0236. The normalized spacial score (nSPS) is 28.8. The van der Waals surface area contributed by atoms with Gasteiger partial charge < -0.3 is 10.2 Å². The van der Waals surface area contributed by atoms with E-state index in [4.69, 9.17) is 0 Å². The Kier molecular flexibility index (Phi) is 6.19. The van der Waals surface area contributed by atoms with Gasteiger partial charge in [-0.25, -0.2) is 0 Å². The van der Waals surface area contributed by atoms with Crippen LogP contribution in [0.4, 0.5) is 5.69 Å². The van der Waals surface area contributed by atoms with Crippen LogP contribution >= 0.6 is 0 Å². The summed E-state index contributed by atoms with van der Waals surface area (Å²) in [6.45, 7) is 3.82. The first-order chi connectivity index (χ1) is 15.2. The zero-order valence-electron chi connectivity index (χ0n) is 19.6. The van der Waals surface area contributed by atoms with Gasteiger partial charge in [0.15, 0.2) is 0 Å². The predicted octanol–water partition coefficient (Wildman–Crippen LogP) is 2.87. The molecular weight excluding hydrogens is 404 g/mol. The number of nitrogens with one attached hydrogen (secondary N) is 3. The molecule has 0 heterocycles. The summed E-state index contributed by atoms with van der Waals surface area (Å²) in [7, 11) is 3.80. The van der Waals surface area contributed by atoms with Crippen molar-refractivity contribution in [1.82, 2.24) is 16.2 Å². The number of amides is 3.